The van der Waals surface area contributed by atoms with Crippen LogP contribution in [0.3, 0.4) is 0 Å². The molecule has 0 saturated heterocycles. The normalized spacial score (nSPS) is 10.5. The summed E-state index contributed by atoms with van der Waals surface area (Å²) in [6.07, 6.45) is 0.939. The van der Waals surface area contributed by atoms with Crippen LogP contribution in [-0.2, 0) is 4.74 Å². The van der Waals surface area contributed by atoms with Crippen molar-refractivity contribution in [2.45, 2.75) is 27.2 Å². The maximum Gasteiger partial charge on any atom is 0.127 e. The average Bonchev–Trinajstić information content (AvgIpc) is 2.63. The highest BCUT2D eigenvalue weighted by atomic mass is 32.1. The zero-order valence-corrected chi connectivity index (χ0v) is 11.4. The highest BCUT2D eigenvalue weighted by molar-refractivity contribution is 7.10. The van der Waals surface area contributed by atoms with Gasteiger partial charge in [-0.25, -0.2) is 0 Å². The SMILES string of the molecule is Cc1nsc(NCCCOCC(C)C)c1C#N. The number of rotatable bonds is 7. The van der Waals surface area contributed by atoms with E-state index in [2.05, 4.69) is 29.6 Å². The highest BCUT2D eigenvalue weighted by Gasteiger charge is 2.08. The van der Waals surface area contributed by atoms with Crippen molar-refractivity contribution in [1.29, 1.82) is 5.26 Å². The second kappa shape index (κ2) is 7.25. The summed E-state index contributed by atoms with van der Waals surface area (Å²) in [6.45, 7) is 8.50. The third-order valence-corrected chi connectivity index (χ3v) is 3.07. The molecule has 0 aromatic carbocycles. The Balaban J connectivity index is 2.21. The number of aromatic nitrogens is 1. The zero-order chi connectivity index (χ0) is 12.7. The first-order valence-electron chi connectivity index (χ1n) is 5.83. The van der Waals surface area contributed by atoms with Crippen LogP contribution in [0.2, 0.25) is 0 Å². The first-order valence-corrected chi connectivity index (χ1v) is 6.60. The molecule has 0 aliphatic rings. The molecular weight excluding hydrogens is 234 g/mol. The van der Waals surface area contributed by atoms with Crippen LogP contribution in [0, 0.1) is 24.2 Å². The van der Waals surface area contributed by atoms with Gasteiger partial charge < -0.3 is 10.1 Å². The smallest absolute Gasteiger partial charge is 0.127 e. The second-order valence-corrected chi connectivity index (χ2v) is 5.11. The number of aryl methyl sites for hydroxylation is 1. The summed E-state index contributed by atoms with van der Waals surface area (Å²) in [5.41, 5.74) is 1.47. The van der Waals surface area contributed by atoms with Gasteiger partial charge in [-0.2, -0.15) is 9.64 Å². The lowest BCUT2D eigenvalue weighted by Gasteiger charge is -2.07. The molecule has 5 heteroatoms. The van der Waals surface area contributed by atoms with Gasteiger partial charge in [0.2, 0.25) is 0 Å². The van der Waals surface area contributed by atoms with E-state index in [1.807, 2.05) is 6.92 Å². The molecule has 0 unspecified atom stereocenters. The molecule has 1 N–H and O–H groups in total. The molecule has 1 heterocycles. The van der Waals surface area contributed by atoms with Gasteiger partial charge in [-0.3, -0.25) is 0 Å². The van der Waals surface area contributed by atoms with E-state index in [0.29, 0.717) is 11.5 Å². The Hall–Kier alpha value is -1.12. The predicted molar refractivity (Wildman–Crippen MR) is 70.3 cm³/mol. The van der Waals surface area contributed by atoms with E-state index >= 15 is 0 Å². The molecule has 17 heavy (non-hydrogen) atoms. The van der Waals surface area contributed by atoms with E-state index in [1.54, 1.807) is 0 Å². The van der Waals surface area contributed by atoms with Crippen molar-refractivity contribution in [3.8, 4) is 6.07 Å². The number of ether oxygens (including phenoxy) is 1. The van der Waals surface area contributed by atoms with E-state index in [0.717, 1.165) is 36.9 Å². The van der Waals surface area contributed by atoms with E-state index in [1.165, 1.54) is 11.5 Å². The van der Waals surface area contributed by atoms with Crippen molar-refractivity contribution in [2.24, 2.45) is 5.92 Å². The number of anilines is 1. The van der Waals surface area contributed by atoms with Crippen LogP contribution in [-0.4, -0.2) is 24.1 Å². The second-order valence-electron chi connectivity index (χ2n) is 4.33. The van der Waals surface area contributed by atoms with Crippen LogP contribution in [0.4, 0.5) is 5.00 Å². The Labute approximate surface area is 107 Å². The molecule has 0 fully saturated rings. The monoisotopic (exact) mass is 253 g/mol. The Morgan fingerprint density at radius 1 is 1.53 bits per heavy atom. The molecule has 0 radical (unpaired) electrons. The van der Waals surface area contributed by atoms with Crippen molar-refractivity contribution in [2.75, 3.05) is 25.1 Å². The van der Waals surface area contributed by atoms with Crippen molar-refractivity contribution >= 4 is 16.5 Å². The van der Waals surface area contributed by atoms with Gasteiger partial charge in [0.1, 0.15) is 16.6 Å². The van der Waals surface area contributed by atoms with Crippen LogP contribution < -0.4 is 5.32 Å². The fourth-order valence-corrected chi connectivity index (χ4v) is 2.09. The third kappa shape index (κ3) is 4.72. The third-order valence-electron chi connectivity index (χ3n) is 2.18. The number of nitrogens with one attached hydrogen (secondary N) is 1. The van der Waals surface area contributed by atoms with Crippen LogP contribution in [0.15, 0.2) is 0 Å². The summed E-state index contributed by atoms with van der Waals surface area (Å²) in [4.78, 5) is 0. The molecule has 0 aliphatic carbocycles. The largest absolute Gasteiger partial charge is 0.381 e. The topological polar surface area (TPSA) is 57.9 Å². The number of hydrogen-bond donors (Lipinski definition) is 1. The first-order chi connectivity index (χ1) is 8.15. The summed E-state index contributed by atoms with van der Waals surface area (Å²) >= 11 is 1.35. The Morgan fingerprint density at radius 3 is 2.94 bits per heavy atom. The van der Waals surface area contributed by atoms with Crippen molar-refractivity contribution in [3.05, 3.63) is 11.3 Å². The lowest BCUT2D eigenvalue weighted by molar-refractivity contribution is 0.110. The van der Waals surface area contributed by atoms with Crippen LogP contribution in [0.5, 0.6) is 0 Å². The Kier molecular flexibility index (Phi) is 5.95. The molecule has 0 amide bonds. The summed E-state index contributed by atoms with van der Waals surface area (Å²) in [5.74, 6) is 0.581. The Bertz CT molecular complexity index is 382. The number of nitriles is 1. The molecule has 0 atom stereocenters. The van der Waals surface area contributed by atoms with E-state index in [9.17, 15) is 0 Å². The molecule has 1 rings (SSSR count). The van der Waals surface area contributed by atoms with E-state index in [-0.39, 0.29) is 0 Å². The van der Waals surface area contributed by atoms with Crippen LogP contribution in [0.1, 0.15) is 31.5 Å². The van der Waals surface area contributed by atoms with Gasteiger partial charge in [0.05, 0.1) is 5.69 Å². The van der Waals surface area contributed by atoms with Crippen LogP contribution >= 0.6 is 11.5 Å². The lowest BCUT2D eigenvalue weighted by atomic mass is 10.2. The van der Waals surface area contributed by atoms with Crippen molar-refractivity contribution < 1.29 is 4.74 Å². The standard InChI is InChI=1S/C12H19N3OS/c1-9(2)8-16-6-4-5-14-12-11(7-13)10(3)15-17-12/h9,14H,4-6,8H2,1-3H3. The molecule has 4 nitrogen and oxygen atoms in total. The molecule has 0 saturated carbocycles. The minimum absolute atomic E-state index is 0.581. The highest BCUT2D eigenvalue weighted by Crippen LogP contribution is 2.22. The van der Waals surface area contributed by atoms with Gasteiger partial charge in [0.25, 0.3) is 0 Å². The molecule has 1 aromatic heterocycles. The molecule has 1 aromatic rings. The van der Waals surface area contributed by atoms with Crippen molar-refractivity contribution in [3.63, 3.8) is 0 Å². The first kappa shape index (κ1) is 13.9. The van der Waals surface area contributed by atoms with Gasteiger partial charge in [0.15, 0.2) is 0 Å². The van der Waals surface area contributed by atoms with Gasteiger partial charge in [-0.05, 0) is 30.8 Å². The zero-order valence-electron chi connectivity index (χ0n) is 10.6. The van der Waals surface area contributed by atoms with E-state index < -0.39 is 0 Å². The van der Waals surface area contributed by atoms with Gasteiger partial charge in [-0.1, -0.05) is 13.8 Å². The van der Waals surface area contributed by atoms with Gasteiger partial charge >= 0.3 is 0 Å². The van der Waals surface area contributed by atoms with E-state index in [4.69, 9.17) is 10.00 Å². The number of nitrogens with zero attached hydrogens (tertiary/aromatic N) is 2. The summed E-state index contributed by atoms with van der Waals surface area (Å²) in [7, 11) is 0. The molecular formula is C12H19N3OS. The van der Waals surface area contributed by atoms with Gasteiger partial charge in [-0.15, -0.1) is 0 Å². The minimum atomic E-state index is 0.581. The average molecular weight is 253 g/mol. The quantitative estimate of drug-likeness (QED) is 0.759. The summed E-state index contributed by atoms with van der Waals surface area (Å²) < 4.78 is 9.63. The molecule has 0 bridgehead atoms. The molecule has 94 valence electrons. The lowest BCUT2D eigenvalue weighted by Crippen LogP contribution is -2.08. The van der Waals surface area contributed by atoms with Gasteiger partial charge in [0, 0.05) is 19.8 Å². The maximum absolute atomic E-state index is 8.94. The number of hydrogen-bond acceptors (Lipinski definition) is 5. The maximum atomic E-state index is 8.94. The summed E-state index contributed by atoms with van der Waals surface area (Å²) in [5, 5.41) is 13.0. The Morgan fingerprint density at radius 2 is 2.29 bits per heavy atom. The predicted octanol–water partition coefficient (Wildman–Crippen LogP) is 2.80. The van der Waals surface area contributed by atoms with Crippen LogP contribution in [0.25, 0.3) is 0 Å². The molecule has 0 spiro atoms. The summed E-state index contributed by atoms with van der Waals surface area (Å²) in [6, 6.07) is 2.17. The fraction of sp³-hybridized carbons (Fsp3) is 0.667. The van der Waals surface area contributed by atoms with Crippen molar-refractivity contribution in [1.82, 2.24) is 4.37 Å². The molecule has 0 aliphatic heterocycles. The minimum Gasteiger partial charge on any atom is -0.381 e. The fourth-order valence-electron chi connectivity index (χ4n) is 1.32.